The second-order valence-electron chi connectivity index (χ2n) is 4.79. The van der Waals surface area contributed by atoms with Crippen molar-refractivity contribution in [3.8, 4) is 0 Å². The Morgan fingerprint density at radius 2 is 2.47 bits per heavy atom. The lowest BCUT2D eigenvalue weighted by molar-refractivity contribution is 0.128. The Balaban J connectivity index is 2.06. The van der Waals surface area contributed by atoms with E-state index in [4.69, 9.17) is 0 Å². The molecule has 94 valence electrons. The number of piperidine rings is 1. The van der Waals surface area contributed by atoms with Gasteiger partial charge in [0.15, 0.2) is 0 Å². The van der Waals surface area contributed by atoms with Crippen molar-refractivity contribution in [3.05, 3.63) is 30.1 Å². The number of nitrogens with zero attached hydrogens (tertiary/aromatic N) is 2. The van der Waals surface area contributed by atoms with Crippen LogP contribution in [0.5, 0.6) is 0 Å². The molecule has 0 aliphatic carbocycles. The van der Waals surface area contributed by atoms with E-state index in [2.05, 4.69) is 35.1 Å². The number of rotatable bonds is 4. The summed E-state index contributed by atoms with van der Waals surface area (Å²) < 4.78 is 0. The summed E-state index contributed by atoms with van der Waals surface area (Å²) in [6, 6.07) is 5.33. The first-order valence-electron chi connectivity index (χ1n) is 6.69. The molecule has 0 spiro atoms. The van der Waals surface area contributed by atoms with E-state index in [9.17, 15) is 0 Å². The monoisotopic (exact) mass is 233 g/mol. The molecule has 3 heteroatoms. The third-order valence-corrected chi connectivity index (χ3v) is 3.77. The molecule has 0 aromatic carbocycles. The topological polar surface area (TPSA) is 28.2 Å². The molecule has 2 atom stereocenters. The average Bonchev–Trinajstić information content (AvgIpc) is 2.42. The molecule has 1 fully saturated rings. The fourth-order valence-electron chi connectivity index (χ4n) is 2.78. The maximum atomic E-state index is 4.23. The Hall–Kier alpha value is -0.930. The Kier molecular flexibility index (Phi) is 4.51. The predicted octanol–water partition coefficient (Wildman–Crippen LogP) is 2.22. The minimum Gasteiger partial charge on any atom is -0.315 e. The highest BCUT2D eigenvalue weighted by Gasteiger charge is 2.24. The molecule has 17 heavy (non-hydrogen) atoms. The number of likely N-dealkylation sites (N-methyl/N-ethyl adjacent to an activating group) is 1. The zero-order valence-electron chi connectivity index (χ0n) is 10.9. The summed E-state index contributed by atoms with van der Waals surface area (Å²) in [6.45, 7) is 7.94. The van der Waals surface area contributed by atoms with Gasteiger partial charge >= 0.3 is 0 Å². The van der Waals surface area contributed by atoms with Crippen molar-refractivity contribution < 1.29 is 0 Å². The van der Waals surface area contributed by atoms with Crippen molar-refractivity contribution in [1.82, 2.24) is 15.2 Å². The van der Waals surface area contributed by atoms with E-state index in [1.807, 2.05) is 18.5 Å². The molecular formula is C14H23N3. The second-order valence-corrected chi connectivity index (χ2v) is 4.79. The Morgan fingerprint density at radius 3 is 3.06 bits per heavy atom. The molecule has 2 unspecified atom stereocenters. The van der Waals surface area contributed by atoms with Gasteiger partial charge in [-0.2, -0.15) is 0 Å². The van der Waals surface area contributed by atoms with Gasteiger partial charge in [0.2, 0.25) is 0 Å². The molecule has 1 aliphatic rings. The fourth-order valence-corrected chi connectivity index (χ4v) is 2.78. The molecule has 0 radical (unpaired) electrons. The van der Waals surface area contributed by atoms with E-state index in [1.54, 1.807) is 0 Å². The van der Waals surface area contributed by atoms with Crippen LogP contribution in [0.2, 0.25) is 0 Å². The van der Waals surface area contributed by atoms with Gasteiger partial charge in [0.1, 0.15) is 0 Å². The maximum absolute atomic E-state index is 4.23. The van der Waals surface area contributed by atoms with Crippen LogP contribution in [-0.4, -0.2) is 35.6 Å². The van der Waals surface area contributed by atoms with Gasteiger partial charge in [-0.25, -0.2) is 0 Å². The maximum Gasteiger partial charge on any atom is 0.0338 e. The summed E-state index contributed by atoms with van der Waals surface area (Å²) in [6.07, 6.45) is 6.44. The summed E-state index contributed by atoms with van der Waals surface area (Å²) >= 11 is 0. The van der Waals surface area contributed by atoms with E-state index in [0.717, 1.165) is 13.1 Å². The molecule has 1 aliphatic heterocycles. The summed E-state index contributed by atoms with van der Waals surface area (Å²) in [5.74, 6) is 0. The highest BCUT2D eigenvalue weighted by atomic mass is 15.2. The lowest BCUT2D eigenvalue weighted by atomic mass is 10.0. The lowest BCUT2D eigenvalue weighted by Gasteiger charge is -2.38. The Morgan fingerprint density at radius 1 is 1.59 bits per heavy atom. The molecule has 2 heterocycles. The van der Waals surface area contributed by atoms with Gasteiger partial charge in [-0.05, 0) is 44.5 Å². The third kappa shape index (κ3) is 3.05. The molecule has 0 amide bonds. The molecule has 1 N–H and O–H groups in total. The first-order valence-corrected chi connectivity index (χ1v) is 6.69. The van der Waals surface area contributed by atoms with E-state index in [-0.39, 0.29) is 0 Å². The molecule has 1 aromatic heterocycles. The van der Waals surface area contributed by atoms with Crippen molar-refractivity contribution in [2.45, 2.75) is 38.8 Å². The molecule has 1 saturated heterocycles. The number of nitrogens with one attached hydrogen (secondary N) is 1. The van der Waals surface area contributed by atoms with Crippen LogP contribution in [0.3, 0.4) is 0 Å². The van der Waals surface area contributed by atoms with Crippen LogP contribution in [0.25, 0.3) is 0 Å². The first kappa shape index (κ1) is 12.5. The van der Waals surface area contributed by atoms with E-state index in [0.29, 0.717) is 12.1 Å². The fraction of sp³-hybridized carbons (Fsp3) is 0.643. The number of hydrogen-bond acceptors (Lipinski definition) is 3. The number of hydrogen-bond donors (Lipinski definition) is 1. The van der Waals surface area contributed by atoms with Crippen LogP contribution in [0.1, 0.15) is 38.3 Å². The molecular weight excluding hydrogens is 210 g/mol. The minimum absolute atomic E-state index is 0.457. The van der Waals surface area contributed by atoms with Gasteiger partial charge in [0.05, 0.1) is 0 Å². The normalized spacial score (nSPS) is 22.6. The van der Waals surface area contributed by atoms with E-state index < -0.39 is 0 Å². The predicted molar refractivity (Wildman–Crippen MR) is 70.9 cm³/mol. The summed E-state index contributed by atoms with van der Waals surface area (Å²) in [7, 11) is 0. The van der Waals surface area contributed by atoms with Crippen LogP contribution in [-0.2, 0) is 0 Å². The van der Waals surface area contributed by atoms with Crippen molar-refractivity contribution in [3.63, 3.8) is 0 Å². The smallest absolute Gasteiger partial charge is 0.0338 e. The highest BCUT2D eigenvalue weighted by Crippen LogP contribution is 2.24. The molecule has 3 nitrogen and oxygen atoms in total. The summed E-state index contributed by atoms with van der Waals surface area (Å²) in [5, 5.41) is 3.50. The lowest BCUT2D eigenvalue weighted by Crippen LogP contribution is -2.46. The Labute approximate surface area is 104 Å². The minimum atomic E-state index is 0.457. The van der Waals surface area contributed by atoms with Gasteiger partial charge < -0.3 is 5.32 Å². The zero-order chi connectivity index (χ0) is 12.1. The van der Waals surface area contributed by atoms with Crippen molar-refractivity contribution >= 4 is 0 Å². The zero-order valence-corrected chi connectivity index (χ0v) is 10.9. The van der Waals surface area contributed by atoms with Gasteiger partial charge in [-0.1, -0.05) is 13.0 Å². The molecule has 0 bridgehead atoms. The van der Waals surface area contributed by atoms with Gasteiger partial charge in [0.25, 0.3) is 0 Å². The molecule has 1 aromatic rings. The second kappa shape index (κ2) is 6.12. The third-order valence-electron chi connectivity index (χ3n) is 3.77. The first-order chi connectivity index (χ1) is 8.33. The van der Waals surface area contributed by atoms with Crippen LogP contribution < -0.4 is 5.32 Å². The van der Waals surface area contributed by atoms with Crippen LogP contribution in [0, 0.1) is 0 Å². The number of pyridine rings is 1. The van der Waals surface area contributed by atoms with Crippen molar-refractivity contribution in [2.24, 2.45) is 0 Å². The SMILES string of the molecule is CCN(C1CCCNC1)C(C)c1cccnc1. The van der Waals surface area contributed by atoms with Gasteiger partial charge in [0, 0.05) is 31.0 Å². The van der Waals surface area contributed by atoms with Crippen LogP contribution >= 0.6 is 0 Å². The summed E-state index contributed by atoms with van der Waals surface area (Å²) in [4.78, 5) is 6.81. The largest absolute Gasteiger partial charge is 0.315 e. The van der Waals surface area contributed by atoms with Crippen molar-refractivity contribution in [2.75, 3.05) is 19.6 Å². The van der Waals surface area contributed by atoms with Gasteiger partial charge in [-0.3, -0.25) is 9.88 Å². The van der Waals surface area contributed by atoms with Crippen LogP contribution in [0.4, 0.5) is 0 Å². The molecule has 0 saturated carbocycles. The average molecular weight is 233 g/mol. The van der Waals surface area contributed by atoms with E-state index >= 15 is 0 Å². The quantitative estimate of drug-likeness (QED) is 0.864. The molecule has 2 rings (SSSR count). The highest BCUT2D eigenvalue weighted by molar-refractivity contribution is 5.13. The van der Waals surface area contributed by atoms with Gasteiger partial charge in [-0.15, -0.1) is 0 Å². The van der Waals surface area contributed by atoms with E-state index in [1.165, 1.54) is 24.9 Å². The summed E-state index contributed by atoms with van der Waals surface area (Å²) in [5.41, 5.74) is 1.32. The van der Waals surface area contributed by atoms with Crippen molar-refractivity contribution in [1.29, 1.82) is 0 Å². The standard InChI is InChI=1S/C14H23N3/c1-3-17(14-7-5-9-16-11-14)12(2)13-6-4-8-15-10-13/h4,6,8,10,12,14,16H,3,5,7,9,11H2,1-2H3. The Bertz CT molecular complexity index is 319. The van der Waals surface area contributed by atoms with Crippen LogP contribution in [0.15, 0.2) is 24.5 Å². The number of aromatic nitrogens is 1.